The zero-order chi connectivity index (χ0) is 7.84. The van der Waals surface area contributed by atoms with Gasteiger partial charge >= 0.3 is 0 Å². The summed E-state index contributed by atoms with van der Waals surface area (Å²) in [7, 11) is 1.90. The van der Waals surface area contributed by atoms with E-state index in [4.69, 9.17) is 0 Å². The zero-order valence-electron chi connectivity index (χ0n) is 5.95. The lowest BCUT2D eigenvalue weighted by atomic mass is 10.4. The average Bonchev–Trinajstić information content (AvgIpc) is 2.31. The molecule has 0 aliphatic carbocycles. The van der Waals surface area contributed by atoms with E-state index in [1.807, 2.05) is 19.3 Å². The van der Waals surface area contributed by atoms with Gasteiger partial charge in [0, 0.05) is 23.0 Å². The first-order valence-corrected chi connectivity index (χ1v) is 4.29. The second-order valence-corrected chi connectivity index (χ2v) is 3.50. The molecule has 56 valence electrons. The van der Waals surface area contributed by atoms with Crippen molar-refractivity contribution >= 4 is 33.6 Å². The van der Waals surface area contributed by atoms with E-state index in [9.17, 15) is 0 Å². The van der Waals surface area contributed by atoms with Crippen molar-refractivity contribution < 1.29 is 0 Å². The van der Waals surface area contributed by atoms with Crippen LogP contribution in [0.3, 0.4) is 0 Å². The van der Waals surface area contributed by atoms with Crippen LogP contribution < -0.4 is 0 Å². The van der Waals surface area contributed by atoms with Gasteiger partial charge in [0.05, 0.1) is 5.39 Å². The van der Waals surface area contributed by atoms with Crippen LogP contribution in [0.25, 0.3) is 11.0 Å². The van der Waals surface area contributed by atoms with E-state index < -0.39 is 0 Å². The van der Waals surface area contributed by atoms with Crippen molar-refractivity contribution in [2.75, 3.05) is 0 Å². The van der Waals surface area contributed by atoms with Crippen molar-refractivity contribution in [2.24, 2.45) is 7.05 Å². The summed E-state index contributed by atoms with van der Waals surface area (Å²) in [6, 6.07) is 1.98. The Morgan fingerprint density at radius 1 is 1.55 bits per heavy atom. The summed E-state index contributed by atoms with van der Waals surface area (Å²) >= 11 is 2.28. The molecule has 0 aliphatic rings. The molecule has 0 saturated carbocycles. The lowest BCUT2D eigenvalue weighted by Gasteiger charge is -1.87. The first-order valence-electron chi connectivity index (χ1n) is 3.21. The minimum Gasteiger partial charge on any atom is -0.273 e. The zero-order valence-corrected chi connectivity index (χ0v) is 8.11. The number of nitrogens with zero attached hydrogens (tertiary/aromatic N) is 3. The van der Waals surface area contributed by atoms with E-state index in [-0.39, 0.29) is 0 Å². The van der Waals surface area contributed by atoms with Gasteiger partial charge in [-0.2, -0.15) is 5.10 Å². The highest BCUT2D eigenvalue weighted by molar-refractivity contribution is 14.1. The minimum absolute atomic E-state index is 0.819. The first-order chi connectivity index (χ1) is 5.27. The third-order valence-electron chi connectivity index (χ3n) is 1.48. The second kappa shape index (κ2) is 2.44. The van der Waals surface area contributed by atoms with Gasteiger partial charge in [0.1, 0.15) is 0 Å². The van der Waals surface area contributed by atoms with Gasteiger partial charge in [-0.3, -0.25) is 4.68 Å². The summed E-state index contributed by atoms with van der Waals surface area (Å²) in [4.78, 5) is 4.13. The Kier molecular flexibility index (Phi) is 1.56. The van der Waals surface area contributed by atoms with Crippen LogP contribution in [0.5, 0.6) is 0 Å². The lowest BCUT2D eigenvalue weighted by molar-refractivity contribution is 0.776. The van der Waals surface area contributed by atoms with Gasteiger partial charge in [-0.05, 0) is 28.7 Å². The molecule has 0 fully saturated rings. The Hall–Kier alpha value is -0.650. The molecule has 0 radical (unpaired) electrons. The summed E-state index contributed by atoms with van der Waals surface area (Å²) in [5.74, 6) is 0. The van der Waals surface area contributed by atoms with E-state index in [1.54, 1.807) is 10.9 Å². The lowest BCUT2D eigenvalue weighted by Crippen LogP contribution is -1.85. The number of hydrogen-bond acceptors (Lipinski definition) is 2. The molecule has 11 heavy (non-hydrogen) atoms. The number of aryl methyl sites for hydroxylation is 1. The SMILES string of the molecule is Cn1cc2c(I)ccnc2n1. The molecule has 0 bridgehead atoms. The first kappa shape index (κ1) is 7.02. The number of aromatic nitrogens is 3. The summed E-state index contributed by atoms with van der Waals surface area (Å²) in [6.07, 6.45) is 3.75. The molecule has 0 aliphatic heterocycles. The molecule has 0 amide bonds. The molecule has 2 heterocycles. The second-order valence-electron chi connectivity index (χ2n) is 2.33. The molecule has 0 saturated heterocycles. The summed E-state index contributed by atoms with van der Waals surface area (Å²) < 4.78 is 2.97. The number of hydrogen-bond donors (Lipinski definition) is 0. The van der Waals surface area contributed by atoms with Gasteiger partial charge in [-0.1, -0.05) is 0 Å². The van der Waals surface area contributed by atoms with Crippen molar-refractivity contribution in [2.45, 2.75) is 0 Å². The molecule has 2 aromatic heterocycles. The van der Waals surface area contributed by atoms with Crippen molar-refractivity contribution in [3.63, 3.8) is 0 Å². The Morgan fingerprint density at radius 3 is 3.09 bits per heavy atom. The normalized spacial score (nSPS) is 10.7. The van der Waals surface area contributed by atoms with E-state index in [0.717, 1.165) is 11.0 Å². The highest BCUT2D eigenvalue weighted by atomic mass is 127. The fourth-order valence-electron chi connectivity index (χ4n) is 1.00. The Labute approximate surface area is 77.6 Å². The van der Waals surface area contributed by atoms with Gasteiger partial charge in [-0.25, -0.2) is 4.98 Å². The monoisotopic (exact) mass is 259 g/mol. The van der Waals surface area contributed by atoms with E-state index in [0.29, 0.717) is 0 Å². The molecule has 0 unspecified atom stereocenters. The largest absolute Gasteiger partial charge is 0.273 e. The summed E-state index contributed by atoms with van der Waals surface area (Å²) in [6.45, 7) is 0. The highest BCUT2D eigenvalue weighted by Gasteiger charge is 2.01. The fourth-order valence-corrected chi connectivity index (χ4v) is 1.54. The Bertz CT molecular complexity index is 393. The number of halogens is 1. The average molecular weight is 259 g/mol. The van der Waals surface area contributed by atoms with Crippen LogP contribution in [-0.4, -0.2) is 14.8 Å². The maximum absolute atomic E-state index is 4.17. The third kappa shape index (κ3) is 1.11. The van der Waals surface area contributed by atoms with Crippen molar-refractivity contribution in [1.82, 2.24) is 14.8 Å². The van der Waals surface area contributed by atoms with Gasteiger partial charge in [0.15, 0.2) is 5.65 Å². The van der Waals surface area contributed by atoms with Gasteiger partial charge in [0.2, 0.25) is 0 Å². The number of rotatable bonds is 0. The van der Waals surface area contributed by atoms with Gasteiger partial charge < -0.3 is 0 Å². The standard InChI is InChI=1S/C7H6IN3/c1-11-4-5-6(8)2-3-9-7(5)10-11/h2-4H,1H3. The molecule has 3 nitrogen and oxygen atoms in total. The fraction of sp³-hybridized carbons (Fsp3) is 0.143. The van der Waals surface area contributed by atoms with E-state index in [1.165, 1.54) is 3.57 Å². The number of fused-ring (bicyclic) bond motifs is 1. The van der Waals surface area contributed by atoms with Crippen LogP contribution >= 0.6 is 22.6 Å². The van der Waals surface area contributed by atoms with Crippen molar-refractivity contribution in [3.8, 4) is 0 Å². The van der Waals surface area contributed by atoms with Crippen molar-refractivity contribution in [1.29, 1.82) is 0 Å². The summed E-state index contributed by atoms with van der Waals surface area (Å²) in [5.41, 5.74) is 0.819. The van der Waals surface area contributed by atoms with Crippen LogP contribution in [0.2, 0.25) is 0 Å². The van der Waals surface area contributed by atoms with Crippen LogP contribution in [0.1, 0.15) is 0 Å². The van der Waals surface area contributed by atoms with E-state index >= 15 is 0 Å². The van der Waals surface area contributed by atoms with Crippen LogP contribution in [0.4, 0.5) is 0 Å². The maximum Gasteiger partial charge on any atom is 0.182 e. The Morgan fingerprint density at radius 2 is 2.36 bits per heavy atom. The van der Waals surface area contributed by atoms with Crippen LogP contribution in [0.15, 0.2) is 18.5 Å². The topological polar surface area (TPSA) is 30.7 Å². The van der Waals surface area contributed by atoms with Crippen LogP contribution in [0, 0.1) is 3.57 Å². The quantitative estimate of drug-likeness (QED) is 0.672. The van der Waals surface area contributed by atoms with Gasteiger partial charge in [0.25, 0.3) is 0 Å². The molecular formula is C7H6IN3. The Balaban J connectivity index is 2.90. The molecular weight excluding hydrogens is 253 g/mol. The molecule has 0 spiro atoms. The predicted octanol–water partition coefficient (Wildman–Crippen LogP) is 1.57. The summed E-state index contributed by atoms with van der Waals surface area (Å²) in [5, 5.41) is 5.30. The molecule has 0 atom stereocenters. The third-order valence-corrected chi connectivity index (χ3v) is 2.42. The molecule has 0 N–H and O–H groups in total. The maximum atomic E-state index is 4.17. The molecule has 4 heteroatoms. The van der Waals surface area contributed by atoms with Gasteiger partial charge in [-0.15, -0.1) is 0 Å². The highest BCUT2D eigenvalue weighted by Crippen LogP contribution is 2.15. The molecule has 2 aromatic rings. The van der Waals surface area contributed by atoms with Crippen molar-refractivity contribution in [3.05, 3.63) is 22.0 Å². The smallest absolute Gasteiger partial charge is 0.182 e. The molecule has 0 aromatic carbocycles. The van der Waals surface area contributed by atoms with E-state index in [2.05, 4.69) is 32.7 Å². The predicted molar refractivity (Wildman–Crippen MR) is 51.2 cm³/mol. The number of pyridine rings is 1. The molecule has 2 rings (SSSR count). The van der Waals surface area contributed by atoms with Crippen LogP contribution in [-0.2, 0) is 7.05 Å². The minimum atomic E-state index is 0.819.